The highest BCUT2D eigenvalue weighted by molar-refractivity contribution is 5.99. The van der Waals surface area contributed by atoms with Crippen LogP contribution >= 0.6 is 0 Å². The van der Waals surface area contributed by atoms with Gasteiger partial charge in [-0.2, -0.15) is 0 Å². The molecule has 1 saturated heterocycles. The van der Waals surface area contributed by atoms with Crippen molar-refractivity contribution in [3.05, 3.63) is 90.5 Å². The topological polar surface area (TPSA) is 72.4 Å². The molecule has 4 heterocycles. The summed E-state index contributed by atoms with van der Waals surface area (Å²) < 4.78 is 26.2. The van der Waals surface area contributed by atoms with Gasteiger partial charge in [0.15, 0.2) is 0 Å². The molecule has 196 valence electrons. The lowest BCUT2D eigenvalue weighted by Crippen LogP contribution is -2.36. The van der Waals surface area contributed by atoms with E-state index in [4.69, 9.17) is 14.5 Å². The van der Waals surface area contributed by atoms with Crippen molar-refractivity contribution in [1.82, 2.24) is 15.0 Å². The molecule has 39 heavy (non-hydrogen) atoms. The van der Waals surface area contributed by atoms with Gasteiger partial charge >= 0.3 is 0 Å². The highest BCUT2D eigenvalue weighted by Gasteiger charge is 2.20. The zero-order valence-corrected chi connectivity index (χ0v) is 21.8. The number of benzene rings is 2. The Labute approximate surface area is 226 Å². The summed E-state index contributed by atoms with van der Waals surface area (Å²) in [6.45, 7) is 4.92. The molecule has 1 aliphatic heterocycles. The van der Waals surface area contributed by atoms with Crippen LogP contribution in [-0.2, 0) is 4.74 Å². The minimum Gasteiger partial charge on any atom is -0.481 e. The fraction of sp³-hybridized carbons (Fsp3) is 0.194. The number of rotatable bonds is 6. The van der Waals surface area contributed by atoms with Crippen molar-refractivity contribution in [1.29, 1.82) is 0 Å². The number of nitrogens with zero attached hydrogens (tertiary/aromatic N) is 4. The smallest absolute Gasteiger partial charge is 0.212 e. The van der Waals surface area contributed by atoms with Gasteiger partial charge in [0.1, 0.15) is 5.82 Å². The first kappa shape index (κ1) is 24.8. The van der Waals surface area contributed by atoms with E-state index < -0.39 is 0 Å². The van der Waals surface area contributed by atoms with Crippen LogP contribution in [0.3, 0.4) is 0 Å². The summed E-state index contributed by atoms with van der Waals surface area (Å²) in [4.78, 5) is 16.0. The molecule has 2 aromatic carbocycles. The predicted octanol–water partition coefficient (Wildman–Crippen LogP) is 6.40. The van der Waals surface area contributed by atoms with Crippen LogP contribution < -0.4 is 15.0 Å². The van der Waals surface area contributed by atoms with Crippen LogP contribution in [0, 0.1) is 12.7 Å². The van der Waals surface area contributed by atoms with Gasteiger partial charge in [0.25, 0.3) is 0 Å². The van der Waals surface area contributed by atoms with Gasteiger partial charge in [-0.05, 0) is 49.4 Å². The third-order valence-electron chi connectivity index (χ3n) is 7.01. The first-order chi connectivity index (χ1) is 19.1. The van der Waals surface area contributed by atoms with Crippen LogP contribution in [0.5, 0.6) is 5.88 Å². The van der Waals surface area contributed by atoms with E-state index in [0.717, 1.165) is 46.8 Å². The predicted molar refractivity (Wildman–Crippen MR) is 152 cm³/mol. The number of nitrogens with one attached hydrogen (secondary N) is 1. The summed E-state index contributed by atoms with van der Waals surface area (Å²) in [6.07, 6.45) is 3.52. The van der Waals surface area contributed by atoms with E-state index >= 15 is 4.39 Å². The lowest BCUT2D eigenvalue weighted by molar-refractivity contribution is 0.122. The first-order valence-electron chi connectivity index (χ1n) is 12.9. The lowest BCUT2D eigenvalue weighted by atomic mass is 10.0. The standard InChI is InChI=1S/C31H28FN5O2/c1-20-30(26-7-3-4-13-33-26)35-25-8-5-6-24(32)29(25)31(20)36-27-18-22(37-14-16-39-17-15-37)10-11-23(27)21-9-12-28(38-2)34-19-21/h3-13,18-19H,14-17H2,1-2H3,(H,35,36). The van der Waals surface area contributed by atoms with E-state index in [1.807, 2.05) is 43.3 Å². The Balaban J connectivity index is 1.54. The normalized spacial score (nSPS) is 13.5. The van der Waals surface area contributed by atoms with Crippen molar-refractivity contribution in [3.63, 3.8) is 0 Å². The van der Waals surface area contributed by atoms with Gasteiger partial charge < -0.3 is 19.7 Å². The van der Waals surface area contributed by atoms with E-state index in [-0.39, 0.29) is 5.82 Å². The largest absolute Gasteiger partial charge is 0.481 e. The van der Waals surface area contributed by atoms with Crippen molar-refractivity contribution in [2.24, 2.45) is 0 Å². The molecule has 0 atom stereocenters. The van der Waals surface area contributed by atoms with E-state index in [1.165, 1.54) is 6.07 Å². The van der Waals surface area contributed by atoms with Gasteiger partial charge in [-0.25, -0.2) is 14.4 Å². The van der Waals surface area contributed by atoms with Crippen LogP contribution in [0.15, 0.2) is 79.1 Å². The number of morpholine rings is 1. The van der Waals surface area contributed by atoms with Crippen LogP contribution in [0.25, 0.3) is 33.4 Å². The quantitative estimate of drug-likeness (QED) is 0.277. The van der Waals surface area contributed by atoms with Gasteiger partial charge in [0, 0.05) is 59.6 Å². The Morgan fingerprint density at radius 1 is 0.974 bits per heavy atom. The molecule has 1 aliphatic rings. The molecule has 0 radical (unpaired) electrons. The number of fused-ring (bicyclic) bond motifs is 1. The maximum Gasteiger partial charge on any atom is 0.212 e. The van der Waals surface area contributed by atoms with Crippen LogP contribution in [0.1, 0.15) is 5.56 Å². The zero-order valence-electron chi connectivity index (χ0n) is 21.8. The number of methoxy groups -OCH3 is 1. The Morgan fingerprint density at radius 3 is 2.59 bits per heavy atom. The number of anilines is 3. The second-order valence-electron chi connectivity index (χ2n) is 9.35. The molecule has 0 bridgehead atoms. The summed E-state index contributed by atoms with van der Waals surface area (Å²) in [5.41, 5.74) is 7.18. The van der Waals surface area contributed by atoms with Crippen molar-refractivity contribution < 1.29 is 13.9 Å². The number of hydrogen-bond donors (Lipinski definition) is 1. The summed E-state index contributed by atoms with van der Waals surface area (Å²) in [5.74, 6) is 0.200. The number of pyridine rings is 3. The molecule has 1 N–H and O–H groups in total. The summed E-state index contributed by atoms with van der Waals surface area (Å²) in [7, 11) is 1.59. The Morgan fingerprint density at radius 2 is 1.85 bits per heavy atom. The highest BCUT2D eigenvalue weighted by atomic mass is 19.1. The molecular formula is C31H28FN5O2. The van der Waals surface area contributed by atoms with E-state index in [0.29, 0.717) is 41.4 Å². The maximum atomic E-state index is 15.4. The van der Waals surface area contributed by atoms with Gasteiger partial charge in [-0.3, -0.25) is 4.98 Å². The van der Waals surface area contributed by atoms with Gasteiger partial charge in [-0.15, -0.1) is 0 Å². The highest BCUT2D eigenvalue weighted by Crippen LogP contribution is 2.40. The molecule has 6 rings (SSSR count). The van der Waals surface area contributed by atoms with E-state index in [9.17, 15) is 0 Å². The summed E-state index contributed by atoms with van der Waals surface area (Å²) in [6, 6.07) is 20.8. The monoisotopic (exact) mass is 521 g/mol. The molecule has 8 heteroatoms. The van der Waals surface area contributed by atoms with Gasteiger partial charge in [-0.1, -0.05) is 18.2 Å². The molecule has 0 amide bonds. The minimum atomic E-state index is -0.338. The fourth-order valence-electron chi connectivity index (χ4n) is 4.97. The van der Waals surface area contributed by atoms with Crippen molar-refractivity contribution in [2.45, 2.75) is 6.92 Å². The van der Waals surface area contributed by atoms with Crippen LogP contribution in [-0.4, -0.2) is 48.4 Å². The van der Waals surface area contributed by atoms with Gasteiger partial charge in [0.2, 0.25) is 5.88 Å². The van der Waals surface area contributed by atoms with Crippen molar-refractivity contribution in [2.75, 3.05) is 43.6 Å². The van der Waals surface area contributed by atoms with E-state index in [1.54, 1.807) is 25.6 Å². The maximum absolute atomic E-state index is 15.4. The average Bonchev–Trinajstić information content (AvgIpc) is 2.99. The second kappa shape index (κ2) is 10.7. The van der Waals surface area contributed by atoms with E-state index in [2.05, 4.69) is 38.4 Å². The molecular weight excluding hydrogens is 493 g/mol. The zero-order chi connectivity index (χ0) is 26.8. The number of ether oxygens (including phenoxy) is 2. The molecule has 0 aliphatic carbocycles. The molecule has 7 nitrogen and oxygen atoms in total. The van der Waals surface area contributed by atoms with Crippen LogP contribution in [0.4, 0.5) is 21.5 Å². The summed E-state index contributed by atoms with van der Waals surface area (Å²) >= 11 is 0. The molecule has 1 fully saturated rings. The number of hydrogen-bond acceptors (Lipinski definition) is 7. The molecule has 0 saturated carbocycles. The van der Waals surface area contributed by atoms with Crippen molar-refractivity contribution >= 4 is 28.0 Å². The lowest BCUT2D eigenvalue weighted by Gasteiger charge is -2.30. The molecule has 0 spiro atoms. The average molecular weight is 522 g/mol. The van der Waals surface area contributed by atoms with Crippen molar-refractivity contribution in [3.8, 4) is 28.4 Å². The third kappa shape index (κ3) is 4.86. The molecule has 5 aromatic rings. The fourth-order valence-corrected chi connectivity index (χ4v) is 4.97. The Hall–Kier alpha value is -4.56. The third-order valence-corrected chi connectivity index (χ3v) is 7.01. The van der Waals surface area contributed by atoms with Gasteiger partial charge in [0.05, 0.1) is 48.3 Å². The Bertz CT molecular complexity index is 1620. The molecule has 3 aromatic heterocycles. The summed E-state index contributed by atoms with van der Waals surface area (Å²) in [5, 5.41) is 4.05. The first-order valence-corrected chi connectivity index (χ1v) is 12.9. The second-order valence-corrected chi connectivity index (χ2v) is 9.35. The number of aromatic nitrogens is 3. The molecule has 0 unspecified atom stereocenters. The number of halogens is 1. The SMILES string of the molecule is COc1ccc(-c2ccc(N3CCOCC3)cc2Nc2c(C)c(-c3ccccn3)nc3cccc(F)c23)cn1. The Kier molecular flexibility index (Phi) is 6.77. The van der Waals surface area contributed by atoms with Crippen LogP contribution in [0.2, 0.25) is 0 Å². The minimum absolute atomic E-state index is 0.338.